The average molecular weight is 443 g/mol. The second kappa shape index (κ2) is 10.7. The number of aryl methyl sites for hydroxylation is 4. The zero-order chi connectivity index (χ0) is 18.4. The fourth-order valence-corrected chi connectivity index (χ4v) is 2.83. The number of benzene rings is 1. The molecule has 1 heterocycles. The van der Waals surface area contributed by atoms with Crippen molar-refractivity contribution in [2.45, 2.75) is 27.7 Å². The molecule has 0 amide bonds. The SMILES string of the molecule is CCl.Cc1ccc(C)c2[cH-]c(-n3cccc3)cc12.Cc1ccc[c-]1C.[Zr+2]. The number of fused-ring (bicyclic) bond motifs is 1. The van der Waals surface area contributed by atoms with Gasteiger partial charge in [0.1, 0.15) is 0 Å². The molecular weight excluding hydrogens is 417 g/mol. The van der Waals surface area contributed by atoms with E-state index in [0.717, 1.165) is 0 Å². The van der Waals surface area contributed by atoms with Gasteiger partial charge in [0.05, 0.1) is 0 Å². The number of nitrogens with zero attached hydrogens (tertiary/aromatic N) is 1. The molecule has 0 saturated carbocycles. The van der Waals surface area contributed by atoms with Crippen LogP contribution in [0.1, 0.15) is 22.3 Å². The molecule has 0 aliphatic rings. The van der Waals surface area contributed by atoms with Gasteiger partial charge in [-0.2, -0.15) is 17.2 Å². The first-order valence-corrected chi connectivity index (χ1v) is 9.18. The molecule has 26 heavy (non-hydrogen) atoms. The van der Waals surface area contributed by atoms with Crippen molar-refractivity contribution in [2.24, 2.45) is 0 Å². The first kappa shape index (κ1) is 22.7. The third-order valence-corrected chi connectivity index (χ3v) is 4.52. The molecule has 0 atom stereocenters. The summed E-state index contributed by atoms with van der Waals surface area (Å²) in [6.07, 6.45) is 5.64. The monoisotopic (exact) mass is 441 g/mol. The predicted molar refractivity (Wildman–Crippen MR) is 112 cm³/mol. The minimum atomic E-state index is 0. The van der Waals surface area contributed by atoms with Crippen LogP contribution in [-0.2, 0) is 26.2 Å². The van der Waals surface area contributed by atoms with E-state index >= 15 is 0 Å². The van der Waals surface area contributed by atoms with E-state index in [9.17, 15) is 0 Å². The van der Waals surface area contributed by atoms with E-state index in [0.29, 0.717) is 0 Å². The van der Waals surface area contributed by atoms with Crippen LogP contribution in [0.4, 0.5) is 0 Å². The van der Waals surface area contributed by atoms with E-state index in [1.807, 2.05) is 0 Å². The zero-order valence-electron chi connectivity index (χ0n) is 16.2. The van der Waals surface area contributed by atoms with Crippen LogP contribution < -0.4 is 0 Å². The van der Waals surface area contributed by atoms with Crippen LogP contribution in [0.15, 0.2) is 67.0 Å². The molecule has 0 N–H and O–H groups in total. The standard InChI is InChI=1S/C15H14N.C7H9.CH3Cl.Zr/c1-11-5-6-12(2)15-10-13(9-14(11)15)16-7-3-4-8-16;1-6-4-3-5-7(6)2;1-2;/h3-10H,1-2H3;3-5H,1-2H3;1H3;/q2*-1;;+2. The molecule has 0 radical (unpaired) electrons. The van der Waals surface area contributed by atoms with Gasteiger partial charge >= 0.3 is 26.2 Å². The molecule has 0 spiro atoms. The molecule has 0 bridgehead atoms. The van der Waals surface area contributed by atoms with Crippen LogP contribution in [0.3, 0.4) is 0 Å². The number of aromatic nitrogens is 1. The van der Waals surface area contributed by atoms with Gasteiger partial charge in [-0.25, -0.2) is 12.1 Å². The van der Waals surface area contributed by atoms with Crippen molar-refractivity contribution in [3.63, 3.8) is 0 Å². The molecule has 3 aromatic carbocycles. The van der Waals surface area contributed by atoms with E-state index in [4.69, 9.17) is 0 Å². The Morgan fingerprint density at radius 1 is 0.923 bits per heavy atom. The molecular formula is C23H26ClNZr. The maximum Gasteiger partial charge on any atom is 2.00 e. The Morgan fingerprint density at radius 3 is 2.00 bits per heavy atom. The Hall–Kier alpha value is -1.37. The Morgan fingerprint density at radius 2 is 1.54 bits per heavy atom. The fourth-order valence-electron chi connectivity index (χ4n) is 2.83. The summed E-state index contributed by atoms with van der Waals surface area (Å²) in [5, 5.41) is 2.73. The fraction of sp³-hybridized carbons (Fsp3) is 0.217. The molecule has 1 nitrogen and oxygen atoms in total. The van der Waals surface area contributed by atoms with Crippen molar-refractivity contribution in [3.8, 4) is 5.69 Å². The maximum absolute atomic E-state index is 4.64. The van der Waals surface area contributed by atoms with Gasteiger partial charge in [0, 0.05) is 18.8 Å². The van der Waals surface area contributed by atoms with Crippen molar-refractivity contribution in [3.05, 3.63) is 89.2 Å². The number of alkyl halides is 1. The van der Waals surface area contributed by atoms with Gasteiger partial charge < -0.3 is 4.57 Å². The molecule has 0 aliphatic carbocycles. The normalized spacial score (nSPS) is 9.62. The van der Waals surface area contributed by atoms with Crippen molar-refractivity contribution in [1.82, 2.24) is 4.57 Å². The predicted octanol–water partition coefficient (Wildman–Crippen LogP) is 6.84. The minimum Gasteiger partial charge on any atom is -0.342 e. The van der Waals surface area contributed by atoms with Crippen molar-refractivity contribution >= 4 is 22.4 Å². The first-order valence-electron chi connectivity index (χ1n) is 8.43. The van der Waals surface area contributed by atoms with Gasteiger partial charge in [0.25, 0.3) is 0 Å². The average Bonchev–Trinajstić information content (AvgIpc) is 3.35. The van der Waals surface area contributed by atoms with Gasteiger partial charge in [0.15, 0.2) is 0 Å². The Bertz CT molecular complexity index is 858. The van der Waals surface area contributed by atoms with Crippen molar-refractivity contribution < 1.29 is 26.2 Å². The van der Waals surface area contributed by atoms with E-state index in [1.54, 1.807) is 0 Å². The molecule has 134 valence electrons. The summed E-state index contributed by atoms with van der Waals surface area (Å²) >= 11 is 4.64. The van der Waals surface area contributed by atoms with Gasteiger partial charge in [-0.3, -0.25) is 0 Å². The Labute approximate surface area is 181 Å². The smallest absolute Gasteiger partial charge is 0.342 e. The van der Waals surface area contributed by atoms with Crippen molar-refractivity contribution in [2.75, 3.05) is 6.38 Å². The Balaban J connectivity index is 0.000000287. The van der Waals surface area contributed by atoms with E-state index < -0.39 is 0 Å². The number of rotatable bonds is 1. The molecule has 0 fully saturated rings. The largest absolute Gasteiger partial charge is 2.00 e. The summed E-state index contributed by atoms with van der Waals surface area (Å²) in [5.74, 6) is 0. The minimum absolute atomic E-state index is 0. The van der Waals surface area contributed by atoms with Gasteiger partial charge in [-0.15, -0.1) is 46.1 Å². The van der Waals surface area contributed by atoms with Crippen LogP contribution in [-0.4, -0.2) is 11.0 Å². The van der Waals surface area contributed by atoms with Gasteiger partial charge in [-0.05, 0) is 24.7 Å². The van der Waals surface area contributed by atoms with Crippen LogP contribution in [0, 0.1) is 27.7 Å². The molecule has 0 saturated heterocycles. The summed E-state index contributed by atoms with van der Waals surface area (Å²) in [4.78, 5) is 0. The summed E-state index contributed by atoms with van der Waals surface area (Å²) in [7, 11) is 0. The molecule has 0 aliphatic heterocycles. The number of hydrogen-bond donors (Lipinski definition) is 0. The second-order valence-electron chi connectivity index (χ2n) is 6.22. The summed E-state index contributed by atoms with van der Waals surface area (Å²) in [6, 6.07) is 19.3. The van der Waals surface area contributed by atoms with Crippen LogP contribution in [0.2, 0.25) is 0 Å². The molecule has 4 aromatic rings. The maximum atomic E-state index is 4.64. The topological polar surface area (TPSA) is 4.93 Å². The van der Waals surface area contributed by atoms with Crippen LogP contribution >= 0.6 is 11.6 Å². The number of hydrogen-bond acceptors (Lipinski definition) is 0. The molecule has 3 heteroatoms. The molecule has 1 aromatic heterocycles. The van der Waals surface area contributed by atoms with Gasteiger partial charge in [0.2, 0.25) is 0 Å². The van der Waals surface area contributed by atoms with Crippen molar-refractivity contribution in [1.29, 1.82) is 0 Å². The molecule has 0 unspecified atom stereocenters. The third-order valence-electron chi connectivity index (χ3n) is 4.52. The zero-order valence-corrected chi connectivity index (χ0v) is 19.4. The Kier molecular flexibility index (Phi) is 9.33. The third kappa shape index (κ3) is 5.32. The van der Waals surface area contributed by atoms with E-state index in [1.165, 1.54) is 45.1 Å². The summed E-state index contributed by atoms with van der Waals surface area (Å²) in [6.45, 7) is 8.58. The summed E-state index contributed by atoms with van der Waals surface area (Å²) < 4.78 is 2.15. The van der Waals surface area contributed by atoms with Crippen LogP contribution in [0.25, 0.3) is 16.5 Å². The van der Waals surface area contributed by atoms with Crippen LogP contribution in [0.5, 0.6) is 0 Å². The first-order chi connectivity index (χ1) is 12.1. The van der Waals surface area contributed by atoms with E-state index in [-0.39, 0.29) is 26.2 Å². The quantitative estimate of drug-likeness (QED) is 0.224. The van der Waals surface area contributed by atoms with Gasteiger partial charge in [-0.1, -0.05) is 32.4 Å². The number of halogens is 1. The summed E-state index contributed by atoms with van der Waals surface area (Å²) in [5.41, 5.74) is 6.72. The van der Waals surface area contributed by atoms with E-state index in [2.05, 4.69) is 111 Å². The second-order valence-corrected chi connectivity index (χ2v) is 6.22. The molecule has 4 rings (SSSR count).